The zero-order valence-corrected chi connectivity index (χ0v) is 12.3. The second-order valence-corrected chi connectivity index (χ2v) is 5.99. The molecule has 1 atom stereocenters. The predicted molar refractivity (Wildman–Crippen MR) is 82.0 cm³/mol. The molecule has 2 aromatic rings. The van der Waals surface area contributed by atoms with Crippen molar-refractivity contribution in [1.29, 1.82) is 0 Å². The van der Waals surface area contributed by atoms with Crippen molar-refractivity contribution in [2.45, 2.75) is 44.1 Å². The fourth-order valence-electron chi connectivity index (χ4n) is 3.07. The van der Waals surface area contributed by atoms with E-state index in [0.29, 0.717) is 11.0 Å². The van der Waals surface area contributed by atoms with Gasteiger partial charge in [0.05, 0.1) is 6.04 Å². The Bertz CT molecular complexity index is 555. The summed E-state index contributed by atoms with van der Waals surface area (Å²) in [4.78, 5) is 0. The quantitative estimate of drug-likeness (QED) is 0.861. The normalized spacial score (nSPS) is 18.1. The maximum Gasteiger partial charge on any atom is 0.193 e. The number of hydrogen-bond donors (Lipinski definition) is 1. The largest absolute Gasteiger partial charge is 0.448 e. The van der Waals surface area contributed by atoms with Gasteiger partial charge in [-0.2, -0.15) is 0 Å². The van der Waals surface area contributed by atoms with Crippen LogP contribution >= 0.6 is 11.6 Å². The Kier molecular flexibility index (Phi) is 4.13. The Morgan fingerprint density at radius 3 is 2.30 bits per heavy atom. The van der Waals surface area contributed by atoms with E-state index < -0.39 is 0 Å². The Balaban J connectivity index is 1.75. The lowest BCUT2D eigenvalue weighted by Gasteiger charge is -2.22. The fraction of sp³-hybridized carbons (Fsp3) is 0.412. The minimum absolute atomic E-state index is 0.247. The van der Waals surface area contributed by atoms with Gasteiger partial charge in [0, 0.05) is 0 Å². The molecule has 106 valence electrons. The highest BCUT2D eigenvalue weighted by Gasteiger charge is 2.17. The Morgan fingerprint density at radius 1 is 1.00 bits per heavy atom. The first-order chi connectivity index (χ1) is 9.74. The standard InChI is InChI=1S/C17H20ClNO/c18-16-11-10-15(20-16)17(19)14-8-6-13(7-9-14)12-4-2-1-3-5-12/h6-12,17H,1-5,19H2. The minimum atomic E-state index is -0.247. The molecule has 2 nitrogen and oxygen atoms in total. The summed E-state index contributed by atoms with van der Waals surface area (Å²) in [5.41, 5.74) is 8.71. The third-order valence-corrected chi connectivity index (χ3v) is 4.48. The summed E-state index contributed by atoms with van der Waals surface area (Å²) < 4.78 is 5.39. The molecule has 0 bridgehead atoms. The van der Waals surface area contributed by atoms with Crippen molar-refractivity contribution in [2.75, 3.05) is 0 Å². The molecule has 3 rings (SSSR count). The number of hydrogen-bond acceptors (Lipinski definition) is 2. The van der Waals surface area contributed by atoms with E-state index in [0.717, 1.165) is 11.5 Å². The molecule has 1 aliphatic rings. The Hall–Kier alpha value is -1.25. The van der Waals surface area contributed by atoms with Crippen LogP contribution in [0, 0.1) is 0 Å². The first-order valence-electron chi connectivity index (χ1n) is 7.35. The molecule has 20 heavy (non-hydrogen) atoms. The summed E-state index contributed by atoms with van der Waals surface area (Å²) in [7, 11) is 0. The third kappa shape index (κ3) is 2.92. The summed E-state index contributed by atoms with van der Waals surface area (Å²) >= 11 is 5.80. The average molecular weight is 290 g/mol. The van der Waals surface area contributed by atoms with E-state index in [-0.39, 0.29) is 6.04 Å². The molecule has 0 spiro atoms. The van der Waals surface area contributed by atoms with Crippen LogP contribution in [0.15, 0.2) is 40.8 Å². The molecule has 0 aliphatic heterocycles. The molecule has 2 N–H and O–H groups in total. The lowest BCUT2D eigenvalue weighted by molar-refractivity contribution is 0.443. The van der Waals surface area contributed by atoms with Gasteiger partial charge < -0.3 is 10.2 Å². The first-order valence-corrected chi connectivity index (χ1v) is 7.72. The van der Waals surface area contributed by atoms with Crippen LogP contribution in [-0.4, -0.2) is 0 Å². The van der Waals surface area contributed by atoms with Crippen molar-refractivity contribution < 1.29 is 4.42 Å². The summed E-state index contributed by atoms with van der Waals surface area (Å²) in [6, 6.07) is 12.0. The van der Waals surface area contributed by atoms with Crippen molar-refractivity contribution >= 4 is 11.6 Å². The van der Waals surface area contributed by atoms with Crippen molar-refractivity contribution in [3.63, 3.8) is 0 Å². The molecule has 1 aromatic carbocycles. The molecule has 0 saturated heterocycles. The molecule has 1 saturated carbocycles. The molecular weight excluding hydrogens is 270 g/mol. The van der Waals surface area contributed by atoms with Gasteiger partial charge in [-0.15, -0.1) is 0 Å². The van der Waals surface area contributed by atoms with Gasteiger partial charge in [-0.25, -0.2) is 0 Å². The van der Waals surface area contributed by atoms with Gasteiger partial charge in [0.2, 0.25) is 0 Å². The van der Waals surface area contributed by atoms with E-state index in [1.807, 2.05) is 6.07 Å². The van der Waals surface area contributed by atoms with Crippen molar-refractivity contribution in [3.8, 4) is 0 Å². The monoisotopic (exact) mass is 289 g/mol. The molecule has 0 amide bonds. The highest BCUT2D eigenvalue weighted by Crippen LogP contribution is 2.33. The van der Waals surface area contributed by atoms with Crippen LogP contribution < -0.4 is 5.73 Å². The molecule has 1 aromatic heterocycles. The molecular formula is C17H20ClNO. The van der Waals surface area contributed by atoms with Gasteiger partial charge >= 0.3 is 0 Å². The van der Waals surface area contributed by atoms with E-state index in [4.69, 9.17) is 21.8 Å². The zero-order chi connectivity index (χ0) is 13.9. The number of rotatable bonds is 3. The number of furan rings is 1. The topological polar surface area (TPSA) is 39.2 Å². The number of nitrogens with two attached hydrogens (primary N) is 1. The highest BCUT2D eigenvalue weighted by atomic mass is 35.5. The van der Waals surface area contributed by atoms with Crippen molar-refractivity contribution in [2.24, 2.45) is 5.73 Å². The number of benzene rings is 1. The van der Waals surface area contributed by atoms with Gasteiger partial charge in [0.15, 0.2) is 5.22 Å². The van der Waals surface area contributed by atoms with Crippen LogP contribution in [0.4, 0.5) is 0 Å². The third-order valence-electron chi connectivity index (χ3n) is 4.27. The summed E-state index contributed by atoms with van der Waals surface area (Å²) in [6.45, 7) is 0. The van der Waals surface area contributed by atoms with Crippen molar-refractivity contribution in [3.05, 3.63) is 58.5 Å². The molecule has 1 unspecified atom stereocenters. The number of halogens is 1. The second-order valence-electron chi connectivity index (χ2n) is 5.62. The fourth-order valence-corrected chi connectivity index (χ4v) is 3.22. The SMILES string of the molecule is NC(c1ccc(C2CCCCC2)cc1)c1ccc(Cl)o1. The van der Waals surface area contributed by atoms with Crippen LogP contribution in [0.3, 0.4) is 0 Å². The Morgan fingerprint density at radius 2 is 1.70 bits per heavy atom. The van der Waals surface area contributed by atoms with Crippen LogP contribution in [0.25, 0.3) is 0 Å². The summed E-state index contributed by atoms with van der Waals surface area (Å²) in [5.74, 6) is 1.44. The van der Waals surface area contributed by atoms with E-state index >= 15 is 0 Å². The lowest BCUT2D eigenvalue weighted by Crippen LogP contribution is -2.11. The lowest BCUT2D eigenvalue weighted by atomic mass is 9.83. The van der Waals surface area contributed by atoms with Crippen LogP contribution in [0.1, 0.15) is 61.0 Å². The predicted octanol–water partition coefficient (Wildman–Crippen LogP) is 5.03. The van der Waals surface area contributed by atoms with Gasteiger partial charge in [-0.1, -0.05) is 43.5 Å². The van der Waals surface area contributed by atoms with Gasteiger partial charge in [0.1, 0.15) is 5.76 Å². The van der Waals surface area contributed by atoms with E-state index in [2.05, 4.69) is 24.3 Å². The molecule has 0 radical (unpaired) electrons. The van der Waals surface area contributed by atoms with Crippen LogP contribution in [0.2, 0.25) is 5.22 Å². The summed E-state index contributed by atoms with van der Waals surface area (Å²) in [5, 5.41) is 0.384. The molecule has 1 aliphatic carbocycles. The van der Waals surface area contributed by atoms with E-state index in [9.17, 15) is 0 Å². The van der Waals surface area contributed by atoms with E-state index in [1.165, 1.54) is 37.7 Å². The molecule has 1 heterocycles. The van der Waals surface area contributed by atoms with Crippen LogP contribution in [0.5, 0.6) is 0 Å². The minimum Gasteiger partial charge on any atom is -0.448 e. The molecule has 3 heteroatoms. The van der Waals surface area contributed by atoms with E-state index in [1.54, 1.807) is 6.07 Å². The highest BCUT2D eigenvalue weighted by molar-refractivity contribution is 6.28. The van der Waals surface area contributed by atoms with Crippen LogP contribution in [-0.2, 0) is 0 Å². The maximum absolute atomic E-state index is 6.21. The second kappa shape index (κ2) is 6.02. The maximum atomic E-state index is 6.21. The summed E-state index contributed by atoms with van der Waals surface area (Å²) in [6.07, 6.45) is 6.74. The van der Waals surface area contributed by atoms with Crippen molar-refractivity contribution in [1.82, 2.24) is 0 Å². The zero-order valence-electron chi connectivity index (χ0n) is 11.5. The van der Waals surface area contributed by atoms with Gasteiger partial charge in [-0.3, -0.25) is 0 Å². The average Bonchev–Trinajstić information content (AvgIpc) is 2.94. The first kappa shape index (κ1) is 13.7. The smallest absolute Gasteiger partial charge is 0.193 e. The Labute approximate surface area is 124 Å². The van der Waals surface area contributed by atoms with Gasteiger partial charge in [-0.05, 0) is 53.6 Å². The molecule has 1 fully saturated rings. The van der Waals surface area contributed by atoms with Gasteiger partial charge in [0.25, 0.3) is 0 Å².